The van der Waals surface area contributed by atoms with E-state index in [0.29, 0.717) is 11.7 Å². The first-order chi connectivity index (χ1) is 15.3. The molecule has 2 N–H and O–H groups in total. The van der Waals surface area contributed by atoms with E-state index in [1.165, 1.54) is 24.8 Å². The Morgan fingerprint density at radius 2 is 1.88 bits per heavy atom. The topological polar surface area (TPSA) is 49.7 Å². The normalized spacial score (nSPS) is 27.9. The van der Waals surface area contributed by atoms with Gasteiger partial charge in [-0.15, -0.1) is 0 Å². The largest absolute Gasteiger partial charge is 0.512 e. The van der Waals surface area contributed by atoms with Crippen LogP contribution in [0.1, 0.15) is 114 Å². The Morgan fingerprint density at radius 3 is 2.48 bits per heavy atom. The van der Waals surface area contributed by atoms with Gasteiger partial charge in [0.1, 0.15) is 0 Å². The molecule has 0 bridgehead atoms. The quantitative estimate of drug-likeness (QED) is 0.200. The molecular weight excluding hydrogens is 408 g/mol. The van der Waals surface area contributed by atoms with Crippen LogP contribution in [0.5, 0.6) is 0 Å². The third-order valence-electron chi connectivity index (χ3n) is 7.40. The summed E-state index contributed by atoms with van der Waals surface area (Å²) in [5.74, 6) is 0.119. The van der Waals surface area contributed by atoms with E-state index in [-0.39, 0.29) is 17.8 Å². The molecule has 0 heterocycles. The lowest BCUT2D eigenvalue weighted by Gasteiger charge is -2.48. The first kappa shape index (κ1) is 30.0. The number of hydrogen-bond acceptors (Lipinski definition) is 3. The van der Waals surface area contributed by atoms with Crippen molar-refractivity contribution in [2.24, 2.45) is 29.6 Å². The van der Waals surface area contributed by atoms with Crippen molar-refractivity contribution in [3.05, 3.63) is 35.6 Å². The van der Waals surface area contributed by atoms with Crippen LogP contribution in [0.2, 0.25) is 0 Å². The minimum absolute atomic E-state index is 0.111. The number of ether oxygens (including phenoxy) is 1. The second kappa shape index (κ2) is 13.7. The van der Waals surface area contributed by atoms with E-state index in [0.717, 1.165) is 38.0 Å². The first-order valence-electron chi connectivity index (χ1n) is 13.5. The molecule has 0 amide bonds. The molecule has 5 atom stereocenters. The van der Waals surface area contributed by atoms with Crippen molar-refractivity contribution >= 4 is 0 Å². The fourth-order valence-corrected chi connectivity index (χ4v) is 4.87. The van der Waals surface area contributed by atoms with Crippen molar-refractivity contribution < 1.29 is 14.9 Å². The fourth-order valence-electron chi connectivity index (χ4n) is 4.87. The van der Waals surface area contributed by atoms with E-state index in [9.17, 15) is 10.2 Å². The maximum absolute atomic E-state index is 11.6. The van der Waals surface area contributed by atoms with Crippen LogP contribution in [0.4, 0.5) is 0 Å². The maximum atomic E-state index is 11.6. The monoisotopic (exact) mass is 462 g/mol. The van der Waals surface area contributed by atoms with Crippen molar-refractivity contribution in [1.82, 2.24) is 0 Å². The second-order valence-corrected chi connectivity index (χ2v) is 11.7. The smallest absolute Gasteiger partial charge is 0.175 e. The van der Waals surface area contributed by atoms with Crippen LogP contribution >= 0.6 is 0 Å². The Labute approximate surface area is 205 Å². The highest BCUT2D eigenvalue weighted by Crippen LogP contribution is 2.45. The number of allylic oxidation sites excluding steroid dienone is 5. The van der Waals surface area contributed by atoms with E-state index >= 15 is 0 Å². The summed E-state index contributed by atoms with van der Waals surface area (Å²) in [6, 6.07) is 0. The first-order valence-corrected chi connectivity index (χ1v) is 13.5. The molecule has 0 spiro atoms. The number of aliphatic hydroxyl groups excluding tert-OH is 1. The molecule has 0 aliphatic heterocycles. The van der Waals surface area contributed by atoms with E-state index in [1.54, 1.807) is 0 Å². The van der Waals surface area contributed by atoms with Gasteiger partial charge >= 0.3 is 0 Å². The molecule has 0 saturated heterocycles. The van der Waals surface area contributed by atoms with Crippen molar-refractivity contribution in [1.29, 1.82) is 0 Å². The SMILES string of the molecule is CCCC1C=C(O)C(C)C(C)C1(O)OC(C)(C)CC/C=C(\C)C/C=C/C(C)CCCC(C)C. The molecule has 1 aliphatic rings. The van der Waals surface area contributed by atoms with Gasteiger partial charge in [0, 0.05) is 17.8 Å². The van der Waals surface area contributed by atoms with Crippen molar-refractivity contribution in [2.45, 2.75) is 125 Å². The molecule has 0 aromatic heterocycles. The van der Waals surface area contributed by atoms with Gasteiger partial charge in [0.05, 0.1) is 11.4 Å². The van der Waals surface area contributed by atoms with Crippen molar-refractivity contribution in [3.8, 4) is 0 Å². The molecule has 0 radical (unpaired) electrons. The van der Waals surface area contributed by atoms with Gasteiger partial charge in [0.25, 0.3) is 0 Å². The summed E-state index contributed by atoms with van der Waals surface area (Å²) in [5.41, 5.74) is 0.930. The highest BCUT2D eigenvalue weighted by atomic mass is 16.6. The summed E-state index contributed by atoms with van der Waals surface area (Å²) in [6.45, 7) is 19.3. The second-order valence-electron chi connectivity index (χ2n) is 11.7. The molecular formula is C30H54O3. The molecule has 33 heavy (non-hydrogen) atoms. The average Bonchev–Trinajstić information content (AvgIpc) is 2.70. The Bertz CT molecular complexity index is 657. The summed E-state index contributed by atoms with van der Waals surface area (Å²) in [6.07, 6.45) is 17.2. The molecule has 0 saturated carbocycles. The zero-order valence-electron chi connectivity index (χ0n) is 23.2. The van der Waals surface area contributed by atoms with Crippen LogP contribution in [0.15, 0.2) is 35.6 Å². The summed E-state index contributed by atoms with van der Waals surface area (Å²) < 4.78 is 6.47. The van der Waals surface area contributed by atoms with E-state index in [1.807, 2.05) is 19.9 Å². The van der Waals surface area contributed by atoms with Gasteiger partial charge in [-0.3, -0.25) is 0 Å². The number of aliphatic hydroxyl groups is 2. The van der Waals surface area contributed by atoms with Gasteiger partial charge in [0.15, 0.2) is 5.79 Å². The van der Waals surface area contributed by atoms with E-state index in [4.69, 9.17) is 4.74 Å². The lowest BCUT2D eigenvalue weighted by Crippen LogP contribution is -2.55. The number of hydrogen-bond donors (Lipinski definition) is 2. The Balaban J connectivity index is 2.62. The van der Waals surface area contributed by atoms with E-state index < -0.39 is 11.4 Å². The molecule has 1 rings (SSSR count). The lowest BCUT2D eigenvalue weighted by molar-refractivity contribution is -0.313. The van der Waals surface area contributed by atoms with Crippen LogP contribution in [0, 0.1) is 29.6 Å². The van der Waals surface area contributed by atoms with E-state index in [2.05, 4.69) is 66.7 Å². The summed E-state index contributed by atoms with van der Waals surface area (Å²) in [4.78, 5) is 0. The average molecular weight is 463 g/mol. The van der Waals surface area contributed by atoms with Crippen molar-refractivity contribution in [2.75, 3.05) is 0 Å². The number of rotatable bonds is 14. The molecule has 1 aliphatic carbocycles. The molecule has 5 unspecified atom stereocenters. The zero-order valence-corrected chi connectivity index (χ0v) is 23.2. The predicted octanol–water partition coefficient (Wildman–Crippen LogP) is 8.75. The standard InChI is InChI=1S/C30H54O3/c1-10-14-27-21-28(31)25(6)26(7)30(27,32)33-29(8,9)20-13-19-24(5)18-12-17-23(4)16-11-15-22(2)3/h12,17,19,21-23,25-27,31-32H,10-11,13-16,18,20H2,1-9H3/b17-12+,24-19+. The molecule has 0 aromatic carbocycles. The van der Waals surface area contributed by atoms with Crippen LogP contribution in [-0.2, 0) is 4.74 Å². The third-order valence-corrected chi connectivity index (χ3v) is 7.40. The highest BCUT2D eigenvalue weighted by molar-refractivity contribution is 5.12. The minimum atomic E-state index is -1.25. The molecule has 3 nitrogen and oxygen atoms in total. The maximum Gasteiger partial charge on any atom is 0.175 e. The molecule has 192 valence electrons. The Kier molecular flexibility index (Phi) is 12.5. The lowest BCUT2D eigenvalue weighted by atomic mass is 9.72. The minimum Gasteiger partial charge on any atom is -0.512 e. The highest BCUT2D eigenvalue weighted by Gasteiger charge is 2.50. The summed E-state index contributed by atoms with van der Waals surface area (Å²) in [5, 5.41) is 21.9. The predicted molar refractivity (Wildman–Crippen MR) is 142 cm³/mol. The van der Waals surface area contributed by atoms with Gasteiger partial charge in [-0.2, -0.15) is 0 Å². The van der Waals surface area contributed by atoms with Gasteiger partial charge in [-0.25, -0.2) is 0 Å². The van der Waals surface area contributed by atoms with Crippen LogP contribution < -0.4 is 0 Å². The fraction of sp³-hybridized carbons (Fsp3) is 0.800. The van der Waals surface area contributed by atoms with Gasteiger partial charge in [-0.1, -0.05) is 84.6 Å². The van der Waals surface area contributed by atoms with Gasteiger partial charge in [-0.05, 0) is 70.8 Å². The summed E-state index contributed by atoms with van der Waals surface area (Å²) in [7, 11) is 0. The van der Waals surface area contributed by atoms with Crippen LogP contribution in [-0.4, -0.2) is 21.6 Å². The van der Waals surface area contributed by atoms with Gasteiger partial charge in [0.2, 0.25) is 0 Å². The van der Waals surface area contributed by atoms with Crippen LogP contribution in [0.25, 0.3) is 0 Å². The van der Waals surface area contributed by atoms with Gasteiger partial charge < -0.3 is 14.9 Å². The summed E-state index contributed by atoms with van der Waals surface area (Å²) >= 11 is 0. The van der Waals surface area contributed by atoms with Crippen LogP contribution in [0.3, 0.4) is 0 Å². The van der Waals surface area contributed by atoms with Crippen molar-refractivity contribution in [3.63, 3.8) is 0 Å². The zero-order chi connectivity index (χ0) is 25.2. The third kappa shape index (κ3) is 9.99. The molecule has 0 fully saturated rings. The Hall–Kier alpha value is -1.06. The molecule has 0 aromatic rings. The molecule has 3 heteroatoms. The Morgan fingerprint density at radius 1 is 1.21 bits per heavy atom.